The molecule has 3 aromatic rings. The predicted molar refractivity (Wildman–Crippen MR) is 104 cm³/mol. The van der Waals surface area contributed by atoms with Gasteiger partial charge in [0.25, 0.3) is 0 Å². The van der Waals surface area contributed by atoms with Gasteiger partial charge in [0.15, 0.2) is 11.6 Å². The largest absolute Gasteiger partial charge is 0.510 e. The Labute approximate surface area is 162 Å². The first-order valence-corrected chi connectivity index (χ1v) is 9.15. The van der Waals surface area contributed by atoms with E-state index in [0.29, 0.717) is 15.7 Å². The molecule has 1 aliphatic rings. The fourth-order valence-corrected chi connectivity index (χ4v) is 3.84. The van der Waals surface area contributed by atoms with Gasteiger partial charge in [-0.2, -0.15) is 0 Å². The number of benzene rings is 2. The normalized spacial score (nSPS) is 14.3. The second-order valence-corrected chi connectivity index (χ2v) is 7.19. The SMILES string of the molecule is N=C1C(c2nc(-c3ccc(Cl)cc3)cs2)=C(O)CN1c1ccc(F)c(F)c1. The van der Waals surface area contributed by atoms with E-state index in [1.165, 1.54) is 22.3 Å². The zero-order valence-corrected chi connectivity index (χ0v) is 15.3. The lowest BCUT2D eigenvalue weighted by molar-refractivity contribution is 0.411. The maximum Gasteiger partial charge on any atom is 0.160 e. The quantitative estimate of drug-likeness (QED) is 0.606. The highest BCUT2D eigenvalue weighted by Gasteiger charge is 2.31. The van der Waals surface area contributed by atoms with Crippen LogP contribution in [-0.4, -0.2) is 22.5 Å². The maximum absolute atomic E-state index is 13.5. The van der Waals surface area contributed by atoms with Crippen molar-refractivity contribution in [1.82, 2.24) is 4.98 Å². The lowest BCUT2D eigenvalue weighted by Gasteiger charge is -2.18. The molecule has 4 rings (SSSR count). The van der Waals surface area contributed by atoms with Crippen LogP contribution in [0.4, 0.5) is 14.5 Å². The summed E-state index contributed by atoms with van der Waals surface area (Å²) in [6.07, 6.45) is 0. The zero-order chi connectivity index (χ0) is 19.1. The minimum absolute atomic E-state index is 0.00486. The monoisotopic (exact) mass is 403 g/mol. The first-order valence-electron chi connectivity index (χ1n) is 7.89. The van der Waals surface area contributed by atoms with Crippen LogP contribution in [0.15, 0.2) is 53.6 Å². The molecule has 0 spiro atoms. The lowest BCUT2D eigenvalue weighted by Crippen LogP contribution is -2.26. The van der Waals surface area contributed by atoms with Crippen LogP contribution in [0.3, 0.4) is 0 Å². The van der Waals surface area contributed by atoms with Crippen molar-refractivity contribution in [3.05, 3.63) is 75.3 Å². The molecule has 0 saturated heterocycles. The summed E-state index contributed by atoms with van der Waals surface area (Å²) in [5.41, 5.74) is 2.13. The second kappa shape index (κ2) is 6.75. The minimum Gasteiger partial charge on any atom is -0.510 e. The van der Waals surface area contributed by atoms with E-state index in [1.54, 1.807) is 12.1 Å². The third kappa shape index (κ3) is 3.20. The predicted octanol–water partition coefficient (Wildman–Crippen LogP) is 5.51. The molecule has 2 aromatic carbocycles. The fraction of sp³-hybridized carbons (Fsp3) is 0.0526. The Kier molecular flexibility index (Phi) is 4.41. The maximum atomic E-state index is 13.5. The number of aliphatic hydroxyl groups is 1. The number of rotatable bonds is 3. The van der Waals surface area contributed by atoms with Gasteiger partial charge in [0.1, 0.15) is 16.6 Å². The van der Waals surface area contributed by atoms with E-state index < -0.39 is 11.6 Å². The first-order chi connectivity index (χ1) is 12.9. The van der Waals surface area contributed by atoms with Gasteiger partial charge in [-0.3, -0.25) is 5.41 Å². The van der Waals surface area contributed by atoms with Crippen LogP contribution in [0.25, 0.3) is 16.8 Å². The van der Waals surface area contributed by atoms with Gasteiger partial charge in [-0.15, -0.1) is 11.3 Å². The van der Waals surface area contributed by atoms with Crippen LogP contribution < -0.4 is 4.90 Å². The number of anilines is 1. The van der Waals surface area contributed by atoms with Gasteiger partial charge in [0.2, 0.25) is 0 Å². The van der Waals surface area contributed by atoms with Crippen molar-refractivity contribution in [3.63, 3.8) is 0 Å². The second-order valence-electron chi connectivity index (χ2n) is 5.90. The van der Waals surface area contributed by atoms with Crippen molar-refractivity contribution >= 4 is 40.0 Å². The van der Waals surface area contributed by atoms with E-state index in [9.17, 15) is 13.9 Å². The minimum atomic E-state index is -1.01. The summed E-state index contributed by atoms with van der Waals surface area (Å²) in [7, 11) is 0. The van der Waals surface area contributed by atoms with Gasteiger partial charge in [-0.25, -0.2) is 13.8 Å². The Balaban J connectivity index is 1.64. The molecule has 27 heavy (non-hydrogen) atoms. The third-order valence-corrected chi connectivity index (χ3v) is 5.29. The topological polar surface area (TPSA) is 60.2 Å². The van der Waals surface area contributed by atoms with Gasteiger partial charge in [0, 0.05) is 27.7 Å². The number of aliphatic hydroxyl groups excluding tert-OH is 1. The summed E-state index contributed by atoms with van der Waals surface area (Å²) < 4.78 is 26.7. The molecule has 2 N–H and O–H groups in total. The molecule has 0 saturated carbocycles. The average molecular weight is 404 g/mol. The number of halogens is 3. The third-order valence-electron chi connectivity index (χ3n) is 4.18. The molecule has 8 heteroatoms. The Morgan fingerprint density at radius 2 is 1.85 bits per heavy atom. The number of amidine groups is 1. The van der Waals surface area contributed by atoms with Crippen LogP contribution in [0.2, 0.25) is 5.02 Å². The molecule has 136 valence electrons. The summed E-state index contributed by atoms with van der Waals surface area (Å²) in [5, 5.41) is 21.7. The molecule has 0 atom stereocenters. The highest BCUT2D eigenvalue weighted by molar-refractivity contribution is 7.11. The Morgan fingerprint density at radius 3 is 2.56 bits per heavy atom. The average Bonchev–Trinajstić information content (AvgIpc) is 3.22. The number of nitrogens with zero attached hydrogens (tertiary/aromatic N) is 2. The molecule has 0 aliphatic carbocycles. The number of thiazole rings is 1. The Bertz CT molecular complexity index is 1080. The van der Waals surface area contributed by atoms with Crippen LogP contribution in [-0.2, 0) is 0 Å². The van der Waals surface area contributed by atoms with Gasteiger partial charge < -0.3 is 10.0 Å². The molecule has 4 nitrogen and oxygen atoms in total. The van der Waals surface area contributed by atoms with Crippen LogP contribution in [0.1, 0.15) is 5.01 Å². The molecular weight excluding hydrogens is 392 g/mol. The van der Waals surface area contributed by atoms with Gasteiger partial charge in [0.05, 0.1) is 17.8 Å². The highest BCUT2D eigenvalue weighted by atomic mass is 35.5. The highest BCUT2D eigenvalue weighted by Crippen LogP contribution is 2.34. The standard InChI is InChI=1S/C19H12ClF2N3OS/c20-11-3-1-10(2-4-11)15-9-27-19(24-15)17-16(26)8-25(18(17)23)12-5-6-13(21)14(22)7-12/h1-7,9,23,26H,8H2. The molecule has 0 radical (unpaired) electrons. The molecule has 0 bridgehead atoms. The summed E-state index contributed by atoms with van der Waals surface area (Å²) >= 11 is 7.19. The van der Waals surface area contributed by atoms with Crippen LogP contribution >= 0.6 is 22.9 Å². The van der Waals surface area contributed by atoms with Crippen molar-refractivity contribution < 1.29 is 13.9 Å². The van der Waals surface area contributed by atoms with Crippen molar-refractivity contribution in [3.8, 4) is 11.3 Å². The molecule has 0 fully saturated rings. The number of nitrogens with one attached hydrogen (secondary N) is 1. The summed E-state index contributed by atoms with van der Waals surface area (Å²) in [5.74, 6) is -2.03. The van der Waals surface area contributed by atoms with Crippen LogP contribution in [0.5, 0.6) is 0 Å². The van der Waals surface area contributed by atoms with E-state index in [0.717, 1.165) is 17.7 Å². The number of hydrogen-bond donors (Lipinski definition) is 2. The van der Waals surface area contributed by atoms with Crippen molar-refractivity contribution in [2.75, 3.05) is 11.4 Å². The van der Waals surface area contributed by atoms with Crippen LogP contribution in [0, 0.1) is 17.0 Å². The van der Waals surface area contributed by atoms with E-state index in [4.69, 9.17) is 17.0 Å². The molecule has 1 aromatic heterocycles. The summed E-state index contributed by atoms with van der Waals surface area (Å²) in [6.45, 7) is -0.00486. The Morgan fingerprint density at radius 1 is 1.11 bits per heavy atom. The molecule has 2 heterocycles. The molecule has 0 unspecified atom stereocenters. The van der Waals surface area contributed by atoms with Crippen molar-refractivity contribution in [1.29, 1.82) is 5.41 Å². The smallest absolute Gasteiger partial charge is 0.160 e. The molecular formula is C19H12ClF2N3OS. The zero-order valence-electron chi connectivity index (χ0n) is 13.7. The van der Waals surface area contributed by atoms with E-state index >= 15 is 0 Å². The lowest BCUT2D eigenvalue weighted by atomic mass is 10.2. The molecule has 1 aliphatic heterocycles. The van der Waals surface area contributed by atoms with E-state index in [2.05, 4.69) is 4.98 Å². The van der Waals surface area contributed by atoms with E-state index in [1.807, 2.05) is 17.5 Å². The van der Waals surface area contributed by atoms with Crippen molar-refractivity contribution in [2.45, 2.75) is 0 Å². The fourth-order valence-electron chi connectivity index (χ4n) is 2.82. The molecule has 0 amide bonds. The van der Waals surface area contributed by atoms with Gasteiger partial charge in [-0.1, -0.05) is 23.7 Å². The van der Waals surface area contributed by atoms with Gasteiger partial charge >= 0.3 is 0 Å². The summed E-state index contributed by atoms with van der Waals surface area (Å²) in [4.78, 5) is 5.91. The number of aromatic nitrogens is 1. The number of hydrogen-bond acceptors (Lipinski definition) is 4. The Hall–Kier alpha value is -2.77. The summed E-state index contributed by atoms with van der Waals surface area (Å²) in [6, 6.07) is 10.6. The van der Waals surface area contributed by atoms with Gasteiger partial charge in [-0.05, 0) is 24.3 Å². The van der Waals surface area contributed by atoms with E-state index in [-0.39, 0.29) is 29.4 Å². The van der Waals surface area contributed by atoms with Crippen molar-refractivity contribution in [2.24, 2.45) is 0 Å². The first kappa shape index (κ1) is 17.6.